The van der Waals surface area contributed by atoms with Crippen LogP contribution in [0.4, 0.5) is 5.82 Å². The summed E-state index contributed by atoms with van der Waals surface area (Å²) in [6.45, 7) is 0. The van der Waals surface area contributed by atoms with Gasteiger partial charge in [-0.3, -0.25) is 0 Å². The maximum atomic E-state index is 5.99. The molecule has 3 rings (SSSR count). The number of halogens is 3. The number of fused-ring (bicyclic) bond motifs is 1. The number of nitrogens with zero attached hydrogens (tertiary/aromatic N) is 2. The monoisotopic (exact) mass is 417 g/mol. The van der Waals surface area contributed by atoms with Gasteiger partial charge in [-0.1, -0.05) is 11.6 Å². The summed E-state index contributed by atoms with van der Waals surface area (Å²) < 4.78 is 1.96. The highest BCUT2D eigenvalue weighted by Crippen LogP contribution is 2.38. The van der Waals surface area contributed by atoms with Crippen LogP contribution in [0.15, 0.2) is 31.8 Å². The predicted octanol–water partition coefficient (Wildman–Crippen LogP) is 5.12. The van der Waals surface area contributed by atoms with Crippen molar-refractivity contribution in [1.82, 2.24) is 9.97 Å². The number of anilines is 1. The first-order valence-corrected chi connectivity index (χ1v) is 8.00. The van der Waals surface area contributed by atoms with Crippen LogP contribution >= 0.6 is 54.8 Å². The number of aromatic nitrogens is 2. The molecule has 3 nitrogen and oxygen atoms in total. The van der Waals surface area contributed by atoms with Crippen LogP contribution in [0.5, 0.6) is 0 Å². The van der Waals surface area contributed by atoms with Gasteiger partial charge in [0.2, 0.25) is 0 Å². The van der Waals surface area contributed by atoms with E-state index in [4.69, 9.17) is 17.3 Å². The molecule has 0 saturated heterocycles. The second kappa shape index (κ2) is 5.01. The summed E-state index contributed by atoms with van der Waals surface area (Å²) in [5.41, 5.74) is 7.63. The number of rotatable bonds is 1. The zero-order valence-corrected chi connectivity index (χ0v) is 14.1. The number of nitrogens with two attached hydrogens (primary N) is 1. The standard InChI is InChI=1S/C12H6Br2ClN3S/c13-9-4-7(10(14)19-9)12-17-8-3-5(15)1-2-6(8)11(16)18-12/h1-4H,(H2,16,17,18). The van der Waals surface area contributed by atoms with Gasteiger partial charge >= 0.3 is 0 Å². The van der Waals surface area contributed by atoms with Crippen LogP contribution < -0.4 is 5.73 Å². The van der Waals surface area contributed by atoms with Crippen molar-refractivity contribution < 1.29 is 0 Å². The van der Waals surface area contributed by atoms with Crippen LogP contribution in [0.1, 0.15) is 0 Å². The fourth-order valence-electron chi connectivity index (χ4n) is 1.74. The Balaban J connectivity index is 2.28. The molecule has 0 amide bonds. The fourth-order valence-corrected chi connectivity index (χ4v) is 4.70. The van der Waals surface area contributed by atoms with E-state index in [-0.39, 0.29) is 0 Å². The zero-order valence-electron chi connectivity index (χ0n) is 9.32. The molecular formula is C12H6Br2ClN3S. The van der Waals surface area contributed by atoms with Gasteiger partial charge in [-0.15, -0.1) is 11.3 Å². The Morgan fingerprint density at radius 1 is 1.16 bits per heavy atom. The Hall–Kier alpha value is -0.690. The summed E-state index contributed by atoms with van der Waals surface area (Å²) in [4.78, 5) is 8.88. The first kappa shape index (κ1) is 13.3. The third kappa shape index (κ3) is 2.50. The second-order valence-electron chi connectivity index (χ2n) is 3.83. The molecule has 0 aliphatic carbocycles. The Morgan fingerprint density at radius 3 is 2.63 bits per heavy atom. The quantitative estimate of drug-likeness (QED) is 0.596. The molecule has 0 aliphatic heterocycles. The third-order valence-corrected chi connectivity index (χ3v) is 5.16. The minimum absolute atomic E-state index is 0.450. The summed E-state index contributed by atoms with van der Waals surface area (Å²) in [5, 5.41) is 1.43. The molecule has 96 valence electrons. The molecule has 19 heavy (non-hydrogen) atoms. The lowest BCUT2D eigenvalue weighted by atomic mass is 10.2. The van der Waals surface area contributed by atoms with Gasteiger partial charge in [0.25, 0.3) is 0 Å². The number of nitrogen functional groups attached to an aromatic ring is 1. The smallest absolute Gasteiger partial charge is 0.164 e. The highest BCUT2D eigenvalue weighted by atomic mass is 79.9. The predicted molar refractivity (Wildman–Crippen MR) is 87.7 cm³/mol. The maximum Gasteiger partial charge on any atom is 0.164 e. The molecule has 0 atom stereocenters. The van der Waals surface area contributed by atoms with Crippen molar-refractivity contribution in [2.45, 2.75) is 0 Å². The molecule has 3 aromatic rings. The van der Waals surface area contributed by atoms with E-state index in [1.807, 2.05) is 12.1 Å². The number of hydrogen-bond acceptors (Lipinski definition) is 4. The van der Waals surface area contributed by atoms with Crippen molar-refractivity contribution in [3.05, 3.63) is 36.9 Å². The molecule has 0 fully saturated rings. The Morgan fingerprint density at radius 2 is 1.95 bits per heavy atom. The van der Waals surface area contributed by atoms with E-state index in [9.17, 15) is 0 Å². The lowest BCUT2D eigenvalue weighted by molar-refractivity contribution is 1.24. The summed E-state index contributed by atoms with van der Waals surface area (Å²) in [5.74, 6) is 1.03. The number of thiophene rings is 1. The first-order valence-electron chi connectivity index (χ1n) is 5.22. The zero-order chi connectivity index (χ0) is 13.6. The highest BCUT2D eigenvalue weighted by molar-refractivity contribution is 9.12. The van der Waals surface area contributed by atoms with Crippen LogP contribution in [0.3, 0.4) is 0 Å². The number of hydrogen-bond donors (Lipinski definition) is 1. The van der Waals surface area contributed by atoms with Gasteiger partial charge in [0, 0.05) is 16.0 Å². The van der Waals surface area contributed by atoms with Crippen molar-refractivity contribution in [1.29, 1.82) is 0 Å². The fraction of sp³-hybridized carbons (Fsp3) is 0. The van der Waals surface area contributed by atoms with Gasteiger partial charge in [0.15, 0.2) is 5.82 Å². The van der Waals surface area contributed by atoms with Crippen LogP contribution in [0.25, 0.3) is 22.3 Å². The van der Waals surface area contributed by atoms with Gasteiger partial charge in [-0.05, 0) is 56.1 Å². The van der Waals surface area contributed by atoms with E-state index in [1.54, 1.807) is 23.5 Å². The van der Waals surface area contributed by atoms with E-state index in [1.165, 1.54) is 0 Å². The number of benzene rings is 1. The van der Waals surface area contributed by atoms with Gasteiger partial charge in [0.05, 0.1) is 13.1 Å². The van der Waals surface area contributed by atoms with E-state index in [0.717, 1.165) is 24.0 Å². The first-order chi connectivity index (χ1) is 9.04. The summed E-state index contributed by atoms with van der Waals surface area (Å²) in [6.07, 6.45) is 0. The van der Waals surface area contributed by atoms with Crippen LogP contribution in [-0.4, -0.2) is 9.97 Å². The molecule has 0 unspecified atom stereocenters. The molecular weight excluding hydrogens is 413 g/mol. The second-order valence-corrected chi connectivity index (χ2v) is 8.02. The molecule has 0 aliphatic rings. The van der Waals surface area contributed by atoms with E-state index < -0.39 is 0 Å². The van der Waals surface area contributed by atoms with Gasteiger partial charge < -0.3 is 5.73 Å². The van der Waals surface area contributed by atoms with E-state index in [2.05, 4.69) is 41.8 Å². The molecule has 2 heterocycles. The van der Waals surface area contributed by atoms with Crippen LogP contribution in [-0.2, 0) is 0 Å². The summed E-state index contributed by atoms with van der Waals surface area (Å²) in [7, 11) is 0. The van der Waals surface area contributed by atoms with Crippen LogP contribution in [0, 0.1) is 0 Å². The normalized spacial score (nSPS) is 11.1. The lowest BCUT2D eigenvalue weighted by Gasteiger charge is -2.05. The third-order valence-electron chi connectivity index (χ3n) is 2.59. The molecule has 2 aromatic heterocycles. The van der Waals surface area contributed by atoms with Crippen molar-refractivity contribution in [2.75, 3.05) is 5.73 Å². The average molecular weight is 420 g/mol. The van der Waals surface area contributed by atoms with Crippen molar-refractivity contribution in [3.63, 3.8) is 0 Å². The van der Waals surface area contributed by atoms with Crippen molar-refractivity contribution in [3.8, 4) is 11.4 Å². The summed E-state index contributed by atoms with van der Waals surface area (Å²) in [6, 6.07) is 7.35. The van der Waals surface area contributed by atoms with Gasteiger partial charge in [-0.25, -0.2) is 9.97 Å². The van der Waals surface area contributed by atoms with E-state index in [0.29, 0.717) is 16.7 Å². The average Bonchev–Trinajstić information content (AvgIpc) is 2.67. The highest BCUT2D eigenvalue weighted by Gasteiger charge is 2.13. The SMILES string of the molecule is Nc1nc(-c2cc(Br)sc2Br)nc2cc(Cl)ccc12. The van der Waals surface area contributed by atoms with Gasteiger partial charge in [0.1, 0.15) is 5.82 Å². The van der Waals surface area contributed by atoms with E-state index >= 15 is 0 Å². The topological polar surface area (TPSA) is 51.8 Å². The molecule has 1 aromatic carbocycles. The molecule has 0 bridgehead atoms. The van der Waals surface area contributed by atoms with Gasteiger partial charge in [-0.2, -0.15) is 0 Å². The Bertz CT molecular complexity index is 788. The minimum Gasteiger partial charge on any atom is -0.383 e. The summed E-state index contributed by atoms with van der Waals surface area (Å²) >= 11 is 14.5. The minimum atomic E-state index is 0.450. The molecule has 2 N–H and O–H groups in total. The van der Waals surface area contributed by atoms with Crippen LogP contribution in [0.2, 0.25) is 5.02 Å². The molecule has 0 spiro atoms. The largest absolute Gasteiger partial charge is 0.383 e. The molecule has 0 saturated carbocycles. The molecule has 7 heteroatoms. The van der Waals surface area contributed by atoms with Crippen molar-refractivity contribution >= 4 is 71.5 Å². The van der Waals surface area contributed by atoms with Crippen molar-refractivity contribution in [2.24, 2.45) is 0 Å². The maximum absolute atomic E-state index is 5.99. The Kier molecular flexibility index (Phi) is 3.51. The molecule has 0 radical (unpaired) electrons. The Labute approximate surface area is 135 Å². The lowest BCUT2D eigenvalue weighted by Crippen LogP contribution is -1.97.